The first-order chi connectivity index (χ1) is 8.56. The molecule has 0 aliphatic heterocycles. The van der Waals surface area contributed by atoms with Crippen LogP contribution in [-0.4, -0.2) is 22.2 Å². The Bertz CT molecular complexity index is 455. The molecule has 1 saturated carbocycles. The van der Waals surface area contributed by atoms with Crippen LogP contribution in [0.1, 0.15) is 35.4 Å². The highest BCUT2D eigenvalue weighted by Gasteiger charge is 2.22. The van der Waals surface area contributed by atoms with E-state index < -0.39 is 4.92 Å². The number of alkyl halides is 1. The van der Waals surface area contributed by atoms with Crippen LogP contribution >= 0.6 is 22.9 Å². The quantitative estimate of drug-likeness (QED) is 0.528. The van der Waals surface area contributed by atoms with Crippen LogP contribution in [-0.2, 0) is 0 Å². The minimum atomic E-state index is -0.486. The monoisotopic (exact) mass is 288 g/mol. The highest BCUT2D eigenvalue weighted by atomic mass is 35.5. The molecule has 2 rings (SSSR count). The molecular weight excluding hydrogens is 276 g/mol. The standard InChI is InChI=1S/C11H13ClN2O3S/c12-7-1-3-8(4-2-7)13-11(15)9-5-6-10(18-9)14(16)17/h5-8H,1-4H2,(H,13,15). The number of hydrogen-bond acceptors (Lipinski definition) is 4. The number of rotatable bonds is 3. The number of carbonyl (C=O) groups is 1. The third kappa shape index (κ3) is 3.20. The highest BCUT2D eigenvalue weighted by molar-refractivity contribution is 7.17. The second-order valence-corrected chi connectivity index (χ2v) is 6.00. The summed E-state index contributed by atoms with van der Waals surface area (Å²) in [7, 11) is 0. The van der Waals surface area contributed by atoms with Crippen molar-refractivity contribution in [2.45, 2.75) is 37.1 Å². The van der Waals surface area contributed by atoms with Crippen LogP contribution in [0.2, 0.25) is 0 Å². The van der Waals surface area contributed by atoms with E-state index in [4.69, 9.17) is 11.6 Å². The molecule has 0 unspecified atom stereocenters. The van der Waals surface area contributed by atoms with Gasteiger partial charge in [0.05, 0.1) is 9.80 Å². The Morgan fingerprint density at radius 3 is 2.61 bits per heavy atom. The maximum Gasteiger partial charge on any atom is 0.324 e. The lowest BCUT2D eigenvalue weighted by atomic mass is 9.95. The fraction of sp³-hybridized carbons (Fsp3) is 0.545. The van der Waals surface area contributed by atoms with Crippen LogP contribution < -0.4 is 5.32 Å². The van der Waals surface area contributed by atoms with Crippen LogP contribution in [0.4, 0.5) is 5.00 Å². The molecule has 98 valence electrons. The number of nitro groups is 1. The van der Waals surface area contributed by atoms with Gasteiger partial charge in [-0.15, -0.1) is 11.6 Å². The SMILES string of the molecule is O=C(NC1CCC(Cl)CC1)c1ccc([N+](=O)[O-])s1. The molecule has 1 aliphatic carbocycles. The predicted molar refractivity (Wildman–Crippen MR) is 70.3 cm³/mol. The number of amides is 1. The molecule has 1 amide bonds. The van der Waals surface area contributed by atoms with Gasteiger partial charge in [-0.25, -0.2) is 0 Å². The number of nitrogens with one attached hydrogen (secondary N) is 1. The molecule has 0 saturated heterocycles. The summed E-state index contributed by atoms with van der Waals surface area (Å²) in [5, 5.41) is 13.6. The molecule has 0 radical (unpaired) electrons. The van der Waals surface area contributed by atoms with Crippen molar-refractivity contribution in [3.63, 3.8) is 0 Å². The topological polar surface area (TPSA) is 72.2 Å². The lowest BCUT2D eigenvalue weighted by Gasteiger charge is -2.25. The molecule has 1 aromatic heterocycles. The molecule has 1 aromatic rings. The number of hydrogen-bond donors (Lipinski definition) is 1. The van der Waals surface area contributed by atoms with E-state index in [1.54, 1.807) is 0 Å². The molecule has 1 aliphatic rings. The van der Waals surface area contributed by atoms with Crippen LogP contribution in [0.3, 0.4) is 0 Å². The van der Waals surface area contributed by atoms with Gasteiger partial charge in [0, 0.05) is 17.5 Å². The van der Waals surface area contributed by atoms with E-state index in [0.29, 0.717) is 4.88 Å². The van der Waals surface area contributed by atoms with Gasteiger partial charge in [-0.3, -0.25) is 14.9 Å². The zero-order valence-corrected chi connectivity index (χ0v) is 11.2. The Kier molecular flexibility index (Phi) is 4.19. The first-order valence-electron chi connectivity index (χ1n) is 5.75. The van der Waals surface area contributed by atoms with Crippen molar-refractivity contribution in [3.05, 3.63) is 27.1 Å². The largest absolute Gasteiger partial charge is 0.349 e. The van der Waals surface area contributed by atoms with Gasteiger partial charge in [-0.1, -0.05) is 11.3 Å². The number of halogens is 1. The van der Waals surface area contributed by atoms with Crippen molar-refractivity contribution < 1.29 is 9.72 Å². The third-order valence-corrected chi connectivity index (χ3v) is 4.46. The summed E-state index contributed by atoms with van der Waals surface area (Å²) < 4.78 is 0. The lowest BCUT2D eigenvalue weighted by molar-refractivity contribution is -0.380. The van der Waals surface area contributed by atoms with Crippen molar-refractivity contribution in [2.75, 3.05) is 0 Å². The van der Waals surface area contributed by atoms with Crippen LogP contribution in [0.25, 0.3) is 0 Å². The molecule has 1 N–H and O–H groups in total. The Labute approximate surface area is 113 Å². The van der Waals surface area contributed by atoms with Gasteiger partial charge in [-0.05, 0) is 31.7 Å². The molecule has 7 heteroatoms. The normalized spacial score (nSPS) is 23.6. The second-order valence-electron chi connectivity index (χ2n) is 4.32. The van der Waals surface area contributed by atoms with E-state index in [2.05, 4.69) is 5.32 Å². The van der Waals surface area contributed by atoms with E-state index in [-0.39, 0.29) is 22.3 Å². The van der Waals surface area contributed by atoms with Crippen molar-refractivity contribution in [3.8, 4) is 0 Å². The average Bonchev–Trinajstić information content (AvgIpc) is 2.81. The van der Waals surface area contributed by atoms with Crippen molar-refractivity contribution >= 4 is 33.8 Å². The van der Waals surface area contributed by atoms with Gasteiger partial charge < -0.3 is 5.32 Å². The highest BCUT2D eigenvalue weighted by Crippen LogP contribution is 2.26. The van der Waals surface area contributed by atoms with Gasteiger partial charge in [0.1, 0.15) is 0 Å². The average molecular weight is 289 g/mol. The predicted octanol–water partition coefficient (Wildman–Crippen LogP) is 2.94. The smallest absolute Gasteiger partial charge is 0.324 e. The van der Waals surface area contributed by atoms with Gasteiger partial charge in [0.15, 0.2) is 0 Å². The van der Waals surface area contributed by atoms with Crippen molar-refractivity contribution in [2.24, 2.45) is 0 Å². The molecule has 18 heavy (non-hydrogen) atoms. The van der Waals surface area contributed by atoms with Crippen LogP contribution in [0.15, 0.2) is 12.1 Å². The summed E-state index contributed by atoms with van der Waals surface area (Å²) in [6, 6.07) is 2.98. The Morgan fingerprint density at radius 2 is 2.06 bits per heavy atom. The van der Waals surface area contributed by atoms with Gasteiger partial charge in [0.2, 0.25) is 0 Å². The summed E-state index contributed by atoms with van der Waals surface area (Å²) in [6.45, 7) is 0. The summed E-state index contributed by atoms with van der Waals surface area (Å²) >= 11 is 6.89. The van der Waals surface area contributed by atoms with Crippen molar-refractivity contribution in [1.29, 1.82) is 0 Å². The van der Waals surface area contributed by atoms with E-state index in [9.17, 15) is 14.9 Å². The van der Waals surface area contributed by atoms with E-state index in [1.165, 1.54) is 12.1 Å². The molecular formula is C11H13ClN2O3S. The Hall–Kier alpha value is -1.14. The molecule has 1 fully saturated rings. The number of thiophene rings is 1. The van der Waals surface area contributed by atoms with E-state index in [0.717, 1.165) is 37.0 Å². The molecule has 1 heterocycles. The zero-order chi connectivity index (χ0) is 13.1. The summed E-state index contributed by atoms with van der Waals surface area (Å²) in [4.78, 5) is 22.3. The minimum Gasteiger partial charge on any atom is -0.349 e. The second kappa shape index (κ2) is 5.67. The summed E-state index contributed by atoms with van der Waals surface area (Å²) in [5.74, 6) is -0.230. The van der Waals surface area contributed by atoms with Gasteiger partial charge in [-0.2, -0.15) is 0 Å². The number of nitrogens with zero attached hydrogens (tertiary/aromatic N) is 1. The van der Waals surface area contributed by atoms with E-state index >= 15 is 0 Å². The molecule has 0 bridgehead atoms. The van der Waals surface area contributed by atoms with Gasteiger partial charge in [0.25, 0.3) is 5.91 Å². The fourth-order valence-corrected chi connectivity index (χ4v) is 2.98. The zero-order valence-electron chi connectivity index (χ0n) is 9.60. The molecule has 0 aromatic carbocycles. The summed E-state index contributed by atoms with van der Waals surface area (Å²) in [5.41, 5.74) is 0. The van der Waals surface area contributed by atoms with E-state index in [1.807, 2.05) is 0 Å². The van der Waals surface area contributed by atoms with Crippen LogP contribution in [0.5, 0.6) is 0 Å². The third-order valence-electron chi connectivity index (χ3n) is 2.99. The van der Waals surface area contributed by atoms with Crippen molar-refractivity contribution in [1.82, 2.24) is 5.32 Å². The minimum absolute atomic E-state index is 0.00961. The van der Waals surface area contributed by atoms with Gasteiger partial charge >= 0.3 is 5.00 Å². The fourth-order valence-electron chi connectivity index (χ4n) is 2.00. The Balaban J connectivity index is 1.93. The Morgan fingerprint density at radius 1 is 1.39 bits per heavy atom. The summed E-state index contributed by atoms with van der Waals surface area (Å²) in [6.07, 6.45) is 3.54. The molecule has 0 spiro atoms. The number of carbonyl (C=O) groups excluding carboxylic acids is 1. The first-order valence-corrected chi connectivity index (χ1v) is 7.00. The van der Waals surface area contributed by atoms with Crippen LogP contribution in [0, 0.1) is 10.1 Å². The maximum absolute atomic E-state index is 11.9. The molecule has 0 atom stereocenters. The maximum atomic E-state index is 11.9. The first kappa shape index (κ1) is 13.3. The lowest BCUT2D eigenvalue weighted by Crippen LogP contribution is -2.37. The molecule has 5 nitrogen and oxygen atoms in total.